The van der Waals surface area contributed by atoms with E-state index in [9.17, 15) is 9.90 Å². The highest BCUT2D eigenvalue weighted by atomic mass is 16.4. The largest absolute Gasteiger partial charge is 0.481 e. The summed E-state index contributed by atoms with van der Waals surface area (Å²) in [7, 11) is 0. The van der Waals surface area contributed by atoms with Crippen molar-refractivity contribution in [1.82, 2.24) is 4.98 Å². The van der Waals surface area contributed by atoms with Crippen LogP contribution in [0.15, 0.2) is 18.2 Å². The molecule has 1 atom stereocenters. The Morgan fingerprint density at radius 1 is 1.40 bits per heavy atom. The zero-order valence-corrected chi connectivity index (χ0v) is 9.61. The number of carboxylic acids is 1. The first-order chi connectivity index (χ1) is 6.82. The van der Waals surface area contributed by atoms with Crippen LogP contribution in [0.4, 0.5) is 0 Å². The number of nitrogens with zero attached hydrogens (tertiary/aromatic N) is 1. The molecule has 3 nitrogen and oxygen atoms in total. The van der Waals surface area contributed by atoms with Crippen molar-refractivity contribution >= 4 is 5.97 Å². The Morgan fingerprint density at radius 3 is 2.40 bits per heavy atom. The van der Waals surface area contributed by atoms with Crippen LogP contribution in [0.1, 0.15) is 38.1 Å². The molecule has 0 aromatic carbocycles. The van der Waals surface area contributed by atoms with Crippen LogP contribution in [-0.2, 0) is 4.79 Å². The predicted molar refractivity (Wildman–Crippen MR) is 58.8 cm³/mol. The van der Waals surface area contributed by atoms with E-state index in [0.717, 1.165) is 5.69 Å². The third-order valence-electron chi connectivity index (χ3n) is 2.32. The van der Waals surface area contributed by atoms with Crippen LogP contribution in [-0.4, -0.2) is 16.1 Å². The van der Waals surface area contributed by atoms with Gasteiger partial charge >= 0.3 is 5.97 Å². The maximum absolute atomic E-state index is 11.2. The molecule has 1 rings (SSSR count). The van der Waals surface area contributed by atoms with Gasteiger partial charge in [0.15, 0.2) is 0 Å². The average molecular weight is 207 g/mol. The molecule has 0 fully saturated rings. The maximum Gasteiger partial charge on any atom is 0.313 e. The van der Waals surface area contributed by atoms with Gasteiger partial charge in [0, 0.05) is 5.69 Å². The van der Waals surface area contributed by atoms with E-state index in [0.29, 0.717) is 5.69 Å². The summed E-state index contributed by atoms with van der Waals surface area (Å²) in [6.07, 6.45) is 0. The summed E-state index contributed by atoms with van der Waals surface area (Å²) in [4.78, 5) is 15.5. The Bertz CT molecular complexity index is 366. The SMILES string of the molecule is Cc1cccc(C(C(=O)O)C(C)(C)C)n1. The number of hydrogen-bond acceptors (Lipinski definition) is 2. The molecule has 1 aromatic rings. The van der Waals surface area contributed by atoms with E-state index in [-0.39, 0.29) is 5.41 Å². The van der Waals surface area contributed by atoms with Gasteiger partial charge < -0.3 is 5.11 Å². The maximum atomic E-state index is 11.2. The zero-order valence-electron chi connectivity index (χ0n) is 9.61. The molecule has 1 aromatic heterocycles. The topological polar surface area (TPSA) is 50.2 Å². The van der Waals surface area contributed by atoms with Gasteiger partial charge in [0.2, 0.25) is 0 Å². The van der Waals surface area contributed by atoms with Crippen molar-refractivity contribution in [2.45, 2.75) is 33.6 Å². The molecular formula is C12H17NO2. The van der Waals surface area contributed by atoms with Gasteiger partial charge in [-0.2, -0.15) is 0 Å². The van der Waals surface area contributed by atoms with Gasteiger partial charge in [0.05, 0.1) is 5.69 Å². The molecule has 0 bridgehead atoms. The van der Waals surface area contributed by atoms with Gasteiger partial charge in [-0.25, -0.2) is 0 Å². The van der Waals surface area contributed by atoms with Gasteiger partial charge in [0.1, 0.15) is 5.92 Å². The minimum atomic E-state index is -0.819. The first-order valence-corrected chi connectivity index (χ1v) is 4.98. The smallest absolute Gasteiger partial charge is 0.313 e. The van der Waals surface area contributed by atoms with E-state index in [1.165, 1.54) is 0 Å². The fourth-order valence-electron chi connectivity index (χ4n) is 1.67. The fraction of sp³-hybridized carbons (Fsp3) is 0.500. The fourth-order valence-corrected chi connectivity index (χ4v) is 1.67. The number of rotatable bonds is 2. The van der Waals surface area contributed by atoms with Crippen molar-refractivity contribution in [3.05, 3.63) is 29.6 Å². The summed E-state index contributed by atoms with van der Waals surface area (Å²) in [5, 5.41) is 9.21. The Balaban J connectivity index is 3.16. The molecule has 1 N–H and O–H groups in total. The average Bonchev–Trinajstić information content (AvgIpc) is 1.99. The second kappa shape index (κ2) is 4.01. The number of carbonyl (C=O) groups is 1. The normalized spacial score (nSPS) is 13.6. The number of aromatic nitrogens is 1. The van der Waals surface area contributed by atoms with Gasteiger partial charge in [-0.3, -0.25) is 9.78 Å². The molecular weight excluding hydrogens is 190 g/mol. The van der Waals surface area contributed by atoms with Crippen molar-refractivity contribution in [1.29, 1.82) is 0 Å². The monoisotopic (exact) mass is 207 g/mol. The van der Waals surface area contributed by atoms with Crippen molar-refractivity contribution in [3.8, 4) is 0 Å². The van der Waals surface area contributed by atoms with Crippen molar-refractivity contribution < 1.29 is 9.90 Å². The summed E-state index contributed by atoms with van der Waals surface area (Å²) in [6, 6.07) is 5.49. The molecule has 1 heterocycles. The highest BCUT2D eigenvalue weighted by molar-refractivity contribution is 5.76. The van der Waals surface area contributed by atoms with Gasteiger partial charge in [-0.15, -0.1) is 0 Å². The van der Waals surface area contributed by atoms with Crippen LogP contribution in [0.3, 0.4) is 0 Å². The molecule has 0 saturated carbocycles. The molecule has 3 heteroatoms. The van der Waals surface area contributed by atoms with Gasteiger partial charge in [0.25, 0.3) is 0 Å². The summed E-state index contributed by atoms with van der Waals surface area (Å²) in [5.41, 5.74) is 1.16. The molecule has 82 valence electrons. The highest BCUT2D eigenvalue weighted by Gasteiger charge is 2.33. The summed E-state index contributed by atoms with van der Waals surface area (Å²) >= 11 is 0. The third-order valence-corrected chi connectivity index (χ3v) is 2.32. The summed E-state index contributed by atoms with van der Waals surface area (Å²) in [5.74, 6) is -1.38. The van der Waals surface area contributed by atoms with Crippen LogP contribution < -0.4 is 0 Å². The molecule has 0 spiro atoms. The molecule has 0 amide bonds. The third kappa shape index (κ3) is 2.78. The molecule has 0 aliphatic rings. The van der Waals surface area contributed by atoms with E-state index in [1.54, 1.807) is 6.07 Å². The first-order valence-electron chi connectivity index (χ1n) is 4.98. The zero-order chi connectivity index (χ0) is 11.6. The quantitative estimate of drug-likeness (QED) is 0.811. The Morgan fingerprint density at radius 2 is 2.00 bits per heavy atom. The molecule has 0 aliphatic heterocycles. The van der Waals surface area contributed by atoms with Crippen LogP contribution >= 0.6 is 0 Å². The van der Waals surface area contributed by atoms with E-state index in [2.05, 4.69) is 4.98 Å². The predicted octanol–water partition coefficient (Wildman–Crippen LogP) is 2.60. The molecule has 15 heavy (non-hydrogen) atoms. The molecule has 1 unspecified atom stereocenters. The van der Waals surface area contributed by atoms with Crippen LogP contribution in [0.5, 0.6) is 0 Å². The Labute approximate surface area is 90.2 Å². The lowest BCUT2D eigenvalue weighted by Gasteiger charge is -2.26. The van der Waals surface area contributed by atoms with E-state index in [4.69, 9.17) is 0 Å². The number of pyridine rings is 1. The lowest BCUT2D eigenvalue weighted by molar-refractivity contribution is -0.141. The second-order valence-corrected chi connectivity index (χ2v) is 4.84. The van der Waals surface area contributed by atoms with Crippen LogP contribution in [0.2, 0.25) is 0 Å². The van der Waals surface area contributed by atoms with Crippen LogP contribution in [0.25, 0.3) is 0 Å². The van der Waals surface area contributed by atoms with E-state index in [1.807, 2.05) is 39.8 Å². The van der Waals surface area contributed by atoms with E-state index >= 15 is 0 Å². The van der Waals surface area contributed by atoms with E-state index < -0.39 is 11.9 Å². The minimum Gasteiger partial charge on any atom is -0.481 e. The van der Waals surface area contributed by atoms with Gasteiger partial charge in [-0.05, 0) is 24.5 Å². The Hall–Kier alpha value is -1.38. The lowest BCUT2D eigenvalue weighted by Crippen LogP contribution is -2.27. The van der Waals surface area contributed by atoms with Crippen molar-refractivity contribution in [2.24, 2.45) is 5.41 Å². The Kier molecular flexibility index (Phi) is 3.12. The number of aliphatic carboxylic acids is 1. The number of aryl methyl sites for hydroxylation is 1. The summed E-state index contributed by atoms with van der Waals surface area (Å²) in [6.45, 7) is 7.60. The highest BCUT2D eigenvalue weighted by Crippen LogP contribution is 2.34. The molecule has 0 saturated heterocycles. The molecule has 0 aliphatic carbocycles. The lowest BCUT2D eigenvalue weighted by atomic mass is 9.78. The standard InChI is InChI=1S/C12H17NO2/c1-8-6-5-7-9(13-8)10(11(14)15)12(2,3)4/h5-7,10H,1-4H3,(H,14,15). The van der Waals surface area contributed by atoms with Crippen molar-refractivity contribution in [3.63, 3.8) is 0 Å². The number of hydrogen-bond donors (Lipinski definition) is 1. The number of carboxylic acid groups (broad SMARTS) is 1. The molecule has 0 radical (unpaired) electrons. The van der Waals surface area contributed by atoms with Gasteiger partial charge in [-0.1, -0.05) is 26.8 Å². The van der Waals surface area contributed by atoms with Crippen molar-refractivity contribution in [2.75, 3.05) is 0 Å². The summed E-state index contributed by atoms with van der Waals surface area (Å²) < 4.78 is 0. The first kappa shape index (κ1) is 11.7. The second-order valence-electron chi connectivity index (χ2n) is 4.84. The van der Waals surface area contributed by atoms with Crippen LogP contribution in [0, 0.1) is 12.3 Å². The minimum absolute atomic E-state index is 0.327.